The number of halogens is 1. The smallest absolute Gasteiger partial charge is 0.240 e. The highest BCUT2D eigenvalue weighted by atomic mass is 35.5. The topological polar surface area (TPSA) is 38.8 Å². The van der Waals surface area contributed by atoms with E-state index >= 15 is 0 Å². The fourth-order valence-electron chi connectivity index (χ4n) is 7.11. The third-order valence-electron chi connectivity index (χ3n) is 9.55. The second kappa shape index (κ2) is 12.0. The molecule has 3 aliphatic heterocycles. The Hall–Kier alpha value is -2.70. The van der Waals surface area contributed by atoms with E-state index in [9.17, 15) is 4.79 Å². The van der Waals surface area contributed by atoms with E-state index in [1.54, 1.807) is 0 Å². The van der Waals surface area contributed by atoms with Crippen LogP contribution in [-0.2, 0) is 36.1 Å². The highest BCUT2D eigenvalue weighted by Gasteiger charge is 2.44. The number of fused-ring (bicyclic) bond motifs is 3. The Kier molecular flexibility index (Phi) is 8.27. The molecule has 210 valence electrons. The van der Waals surface area contributed by atoms with Gasteiger partial charge in [0.25, 0.3) is 0 Å². The molecule has 40 heavy (non-hydrogen) atoms. The van der Waals surface area contributed by atoms with Crippen molar-refractivity contribution in [3.63, 3.8) is 0 Å². The molecule has 1 N–H and O–H groups in total. The minimum absolute atomic E-state index is 0.0370. The molecule has 3 heterocycles. The first-order valence-corrected chi connectivity index (χ1v) is 15.2. The monoisotopic (exact) mass is 556 g/mol. The quantitative estimate of drug-likeness (QED) is 0.449. The molecular weight excluding hydrogens is 516 g/mol. The molecule has 3 aliphatic rings. The fourth-order valence-corrected chi connectivity index (χ4v) is 7.24. The van der Waals surface area contributed by atoms with Crippen molar-refractivity contribution in [2.24, 2.45) is 0 Å². The molecule has 0 aliphatic carbocycles. The standard InChI is InChI=1S/C34H41ClN4O/c1-37-19-14-28-7-4-5-9-31(28)34(37)16-21-39(22-17-34)33(40)32(24-26-10-12-30(35)13-11-26)36-18-23-38-20-15-27-6-2-3-8-29(27)25-38/h2-13,32,36H,14-25H2,1H3/t32-/m1/s1. The normalized spacial score (nSPS) is 19.7. The lowest BCUT2D eigenvalue weighted by atomic mass is 9.74. The molecule has 1 saturated heterocycles. The molecular formula is C34H41ClN4O. The predicted molar refractivity (Wildman–Crippen MR) is 163 cm³/mol. The molecule has 0 saturated carbocycles. The van der Waals surface area contributed by atoms with Gasteiger partial charge in [0.05, 0.1) is 6.04 Å². The zero-order valence-electron chi connectivity index (χ0n) is 23.6. The highest BCUT2D eigenvalue weighted by molar-refractivity contribution is 6.30. The largest absolute Gasteiger partial charge is 0.341 e. The number of carbonyl (C=O) groups is 1. The van der Waals surface area contributed by atoms with Crippen LogP contribution in [0, 0.1) is 0 Å². The molecule has 3 aromatic carbocycles. The van der Waals surface area contributed by atoms with Crippen molar-refractivity contribution in [3.8, 4) is 0 Å². The summed E-state index contributed by atoms with van der Waals surface area (Å²) >= 11 is 6.16. The summed E-state index contributed by atoms with van der Waals surface area (Å²) < 4.78 is 0. The summed E-state index contributed by atoms with van der Waals surface area (Å²) in [5, 5.41) is 4.40. The minimum atomic E-state index is -0.247. The molecule has 6 rings (SSSR count). The number of benzene rings is 3. The van der Waals surface area contributed by atoms with Crippen LogP contribution >= 0.6 is 11.6 Å². The molecule has 5 nitrogen and oxygen atoms in total. The average molecular weight is 557 g/mol. The summed E-state index contributed by atoms with van der Waals surface area (Å²) in [6.45, 7) is 6.43. The van der Waals surface area contributed by atoms with Crippen LogP contribution in [0.1, 0.15) is 40.7 Å². The maximum atomic E-state index is 14.0. The SMILES string of the molecule is CN1CCc2ccccc2C12CCN(C(=O)[C@@H](Cc1ccc(Cl)cc1)NCCN1CCc3ccccc3C1)CC2. The molecule has 0 unspecified atom stereocenters. The molecule has 3 aromatic rings. The van der Waals surface area contributed by atoms with E-state index in [4.69, 9.17) is 11.6 Å². The molecule has 0 aromatic heterocycles. The number of hydrogen-bond donors (Lipinski definition) is 1. The predicted octanol–water partition coefficient (Wildman–Crippen LogP) is 4.90. The van der Waals surface area contributed by atoms with Gasteiger partial charge in [0.2, 0.25) is 5.91 Å². The summed E-state index contributed by atoms with van der Waals surface area (Å²) in [5.41, 5.74) is 7.01. The Morgan fingerprint density at radius 1 is 0.875 bits per heavy atom. The lowest BCUT2D eigenvalue weighted by Crippen LogP contribution is -2.58. The number of amides is 1. The number of hydrogen-bond acceptors (Lipinski definition) is 4. The Bertz CT molecular complexity index is 1320. The van der Waals surface area contributed by atoms with E-state index in [1.165, 1.54) is 22.3 Å². The Morgan fingerprint density at radius 3 is 2.33 bits per heavy atom. The van der Waals surface area contributed by atoms with Crippen molar-refractivity contribution in [1.82, 2.24) is 20.0 Å². The summed E-state index contributed by atoms with van der Waals surface area (Å²) in [6.07, 6.45) is 4.83. The summed E-state index contributed by atoms with van der Waals surface area (Å²) in [4.78, 5) is 21.2. The first-order valence-electron chi connectivity index (χ1n) is 14.9. The van der Waals surface area contributed by atoms with Crippen LogP contribution in [0.3, 0.4) is 0 Å². The Labute approximate surface area is 244 Å². The first-order chi connectivity index (χ1) is 19.5. The van der Waals surface area contributed by atoms with Gasteiger partial charge in [-0.2, -0.15) is 0 Å². The van der Waals surface area contributed by atoms with Crippen molar-refractivity contribution in [1.29, 1.82) is 0 Å². The van der Waals surface area contributed by atoms with E-state index in [-0.39, 0.29) is 17.5 Å². The van der Waals surface area contributed by atoms with E-state index in [0.717, 1.165) is 82.1 Å². The van der Waals surface area contributed by atoms with Gasteiger partial charge in [-0.05, 0) is 79.1 Å². The van der Waals surface area contributed by atoms with Gasteiger partial charge < -0.3 is 10.2 Å². The molecule has 0 radical (unpaired) electrons. The number of likely N-dealkylation sites (N-methyl/N-ethyl adjacent to an activating group) is 1. The zero-order chi connectivity index (χ0) is 27.5. The molecule has 1 amide bonds. The van der Waals surface area contributed by atoms with E-state index in [1.807, 2.05) is 24.3 Å². The second-order valence-corrected chi connectivity index (χ2v) is 12.3. The van der Waals surface area contributed by atoms with Gasteiger partial charge in [-0.3, -0.25) is 14.6 Å². The van der Waals surface area contributed by atoms with Crippen LogP contribution in [0.4, 0.5) is 0 Å². The number of carbonyl (C=O) groups excluding carboxylic acids is 1. The van der Waals surface area contributed by atoms with Crippen molar-refractivity contribution in [3.05, 3.63) is 106 Å². The van der Waals surface area contributed by atoms with E-state index in [0.29, 0.717) is 6.42 Å². The molecule has 6 heteroatoms. The maximum Gasteiger partial charge on any atom is 0.240 e. The minimum Gasteiger partial charge on any atom is -0.341 e. The fraction of sp³-hybridized carbons (Fsp3) is 0.441. The first kappa shape index (κ1) is 27.5. The van der Waals surface area contributed by atoms with Gasteiger partial charge in [-0.15, -0.1) is 0 Å². The highest BCUT2D eigenvalue weighted by Crippen LogP contribution is 2.42. The summed E-state index contributed by atoms with van der Waals surface area (Å²) in [6, 6.07) is 25.4. The maximum absolute atomic E-state index is 14.0. The van der Waals surface area contributed by atoms with Gasteiger partial charge in [0.15, 0.2) is 0 Å². The van der Waals surface area contributed by atoms with Gasteiger partial charge in [-0.25, -0.2) is 0 Å². The second-order valence-electron chi connectivity index (χ2n) is 11.8. The van der Waals surface area contributed by atoms with Gasteiger partial charge in [0, 0.05) is 56.4 Å². The lowest BCUT2D eigenvalue weighted by molar-refractivity contribution is -0.136. The number of nitrogens with one attached hydrogen (secondary N) is 1. The Morgan fingerprint density at radius 2 is 1.55 bits per heavy atom. The Balaban J connectivity index is 1.12. The lowest BCUT2D eigenvalue weighted by Gasteiger charge is -2.51. The van der Waals surface area contributed by atoms with Crippen molar-refractivity contribution in [2.75, 3.05) is 46.3 Å². The third kappa shape index (κ3) is 5.71. The van der Waals surface area contributed by atoms with Gasteiger partial charge >= 0.3 is 0 Å². The van der Waals surface area contributed by atoms with Crippen molar-refractivity contribution in [2.45, 2.75) is 50.2 Å². The third-order valence-corrected chi connectivity index (χ3v) is 9.80. The zero-order valence-corrected chi connectivity index (χ0v) is 24.4. The number of nitrogens with zero attached hydrogens (tertiary/aromatic N) is 3. The van der Waals surface area contributed by atoms with Crippen molar-refractivity contribution < 1.29 is 4.79 Å². The number of likely N-dealkylation sites (tertiary alicyclic amines) is 1. The van der Waals surface area contributed by atoms with E-state index in [2.05, 4.69) is 75.6 Å². The average Bonchev–Trinajstić information content (AvgIpc) is 3.00. The molecule has 1 atom stereocenters. The van der Waals surface area contributed by atoms with Crippen molar-refractivity contribution >= 4 is 17.5 Å². The van der Waals surface area contributed by atoms with E-state index < -0.39 is 0 Å². The van der Waals surface area contributed by atoms with Crippen LogP contribution < -0.4 is 5.32 Å². The van der Waals surface area contributed by atoms with Crippen LogP contribution in [0.5, 0.6) is 0 Å². The van der Waals surface area contributed by atoms with Crippen LogP contribution in [-0.4, -0.2) is 73.0 Å². The molecule has 1 spiro atoms. The molecule has 0 bridgehead atoms. The van der Waals surface area contributed by atoms with Gasteiger partial charge in [0.1, 0.15) is 0 Å². The summed E-state index contributed by atoms with van der Waals surface area (Å²) in [5.74, 6) is 0.223. The summed E-state index contributed by atoms with van der Waals surface area (Å²) in [7, 11) is 2.26. The van der Waals surface area contributed by atoms with Gasteiger partial charge in [-0.1, -0.05) is 72.3 Å². The van der Waals surface area contributed by atoms with Crippen LogP contribution in [0.2, 0.25) is 5.02 Å². The number of rotatable bonds is 7. The van der Waals surface area contributed by atoms with Crippen LogP contribution in [0.15, 0.2) is 72.8 Å². The van der Waals surface area contributed by atoms with Crippen LogP contribution in [0.25, 0.3) is 0 Å². The molecule has 1 fully saturated rings. The number of piperidine rings is 1.